The second-order valence-corrected chi connectivity index (χ2v) is 4.26. The molecule has 0 aromatic carbocycles. The van der Waals surface area contributed by atoms with E-state index >= 15 is 0 Å². The summed E-state index contributed by atoms with van der Waals surface area (Å²) in [7, 11) is 3.25. The summed E-state index contributed by atoms with van der Waals surface area (Å²) in [6, 6.07) is 0.448. The van der Waals surface area contributed by atoms with Crippen molar-refractivity contribution in [2.24, 2.45) is 11.7 Å². The van der Waals surface area contributed by atoms with Gasteiger partial charge in [0, 0.05) is 32.7 Å². The number of ether oxygens (including phenoxy) is 2. The molecule has 1 aliphatic carbocycles. The van der Waals surface area contributed by atoms with Crippen LogP contribution in [0, 0.1) is 5.92 Å². The van der Waals surface area contributed by atoms with Gasteiger partial charge in [0.2, 0.25) is 5.91 Å². The summed E-state index contributed by atoms with van der Waals surface area (Å²) in [4.78, 5) is 11.0. The van der Waals surface area contributed by atoms with E-state index in [-0.39, 0.29) is 18.1 Å². The van der Waals surface area contributed by atoms with E-state index in [4.69, 9.17) is 15.2 Å². The van der Waals surface area contributed by atoms with Gasteiger partial charge in [0.05, 0.1) is 0 Å². The highest BCUT2D eigenvalue weighted by molar-refractivity contribution is 5.76. The molecule has 0 atom stereocenters. The molecule has 3 N–H and O–H groups in total. The third-order valence-corrected chi connectivity index (χ3v) is 3.23. The second kappa shape index (κ2) is 6.83. The summed E-state index contributed by atoms with van der Waals surface area (Å²) in [5.74, 6) is -0.0937. The van der Waals surface area contributed by atoms with Gasteiger partial charge in [-0.25, -0.2) is 0 Å². The van der Waals surface area contributed by atoms with Crippen molar-refractivity contribution in [3.05, 3.63) is 0 Å². The Morgan fingerprint density at radius 1 is 1.31 bits per heavy atom. The quantitative estimate of drug-likeness (QED) is 0.641. The molecule has 0 aliphatic heterocycles. The Balaban J connectivity index is 2.19. The normalized spacial score (nSPS) is 25.9. The van der Waals surface area contributed by atoms with Crippen molar-refractivity contribution in [3.8, 4) is 0 Å². The predicted octanol–water partition coefficient (Wildman–Crippen LogP) is 0.239. The number of rotatable bonds is 6. The molecular formula is C11H22N2O3. The molecule has 0 bridgehead atoms. The van der Waals surface area contributed by atoms with E-state index in [0.29, 0.717) is 12.6 Å². The number of carbonyl (C=O) groups excluding carboxylic acids is 1. The maximum Gasteiger partial charge on any atom is 0.220 e. The van der Waals surface area contributed by atoms with E-state index < -0.39 is 0 Å². The summed E-state index contributed by atoms with van der Waals surface area (Å²) in [5.41, 5.74) is 5.28. The first-order valence-electron chi connectivity index (χ1n) is 5.75. The van der Waals surface area contributed by atoms with Crippen molar-refractivity contribution in [2.75, 3.05) is 20.8 Å². The van der Waals surface area contributed by atoms with Gasteiger partial charge in [-0.2, -0.15) is 0 Å². The van der Waals surface area contributed by atoms with Crippen LogP contribution >= 0.6 is 0 Å². The second-order valence-electron chi connectivity index (χ2n) is 4.26. The number of primary amides is 1. The average Bonchev–Trinajstić information content (AvgIpc) is 2.31. The minimum Gasteiger partial charge on any atom is -0.369 e. The fraction of sp³-hybridized carbons (Fsp3) is 0.909. The van der Waals surface area contributed by atoms with Gasteiger partial charge in [-0.05, 0) is 25.7 Å². The van der Waals surface area contributed by atoms with Crippen LogP contribution in [0.3, 0.4) is 0 Å². The summed E-state index contributed by atoms with van der Waals surface area (Å²) in [5, 5.41) is 3.38. The lowest BCUT2D eigenvalue weighted by molar-refractivity contribution is -0.123. The highest BCUT2D eigenvalue weighted by Gasteiger charge is 2.24. The Morgan fingerprint density at radius 3 is 2.31 bits per heavy atom. The summed E-state index contributed by atoms with van der Waals surface area (Å²) in [6.45, 7) is 0.679. The lowest BCUT2D eigenvalue weighted by Crippen LogP contribution is -2.40. The maximum absolute atomic E-state index is 11.0. The predicted molar refractivity (Wildman–Crippen MR) is 60.7 cm³/mol. The summed E-state index contributed by atoms with van der Waals surface area (Å²) in [6.07, 6.45) is 3.56. The van der Waals surface area contributed by atoms with Gasteiger partial charge < -0.3 is 20.5 Å². The number of amides is 1. The zero-order valence-corrected chi connectivity index (χ0v) is 10.1. The smallest absolute Gasteiger partial charge is 0.220 e. The molecule has 0 spiro atoms. The Morgan fingerprint density at radius 2 is 1.88 bits per heavy atom. The van der Waals surface area contributed by atoms with Gasteiger partial charge in [0.25, 0.3) is 0 Å². The topological polar surface area (TPSA) is 73.6 Å². The first-order valence-corrected chi connectivity index (χ1v) is 5.75. The third kappa shape index (κ3) is 4.08. The lowest BCUT2D eigenvalue weighted by atomic mass is 9.85. The number of carbonyl (C=O) groups is 1. The minimum atomic E-state index is -0.200. The Labute approximate surface area is 96.7 Å². The fourth-order valence-electron chi connectivity index (χ4n) is 2.11. The molecule has 16 heavy (non-hydrogen) atoms. The van der Waals surface area contributed by atoms with Crippen LogP contribution in [-0.2, 0) is 14.3 Å². The van der Waals surface area contributed by atoms with E-state index in [1.54, 1.807) is 14.2 Å². The molecule has 0 heterocycles. The zero-order valence-electron chi connectivity index (χ0n) is 10.1. The van der Waals surface area contributed by atoms with Gasteiger partial charge in [-0.3, -0.25) is 4.79 Å². The number of hydrogen-bond donors (Lipinski definition) is 2. The maximum atomic E-state index is 11.0. The van der Waals surface area contributed by atoms with Crippen LogP contribution in [-0.4, -0.2) is 39.0 Å². The van der Waals surface area contributed by atoms with Crippen LogP contribution in [0.1, 0.15) is 25.7 Å². The molecule has 1 amide bonds. The van der Waals surface area contributed by atoms with E-state index in [1.807, 2.05) is 0 Å². The molecule has 1 rings (SSSR count). The SMILES string of the molecule is COC(CNC1CCC(C(N)=O)CC1)OC. The highest BCUT2D eigenvalue weighted by Crippen LogP contribution is 2.23. The first-order chi connectivity index (χ1) is 7.67. The highest BCUT2D eigenvalue weighted by atomic mass is 16.7. The summed E-state index contributed by atoms with van der Waals surface area (Å²) < 4.78 is 10.2. The Bertz CT molecular complexity index is 211. The van der Waals surface area contributed by atoms with Crippen LogP contribution < -0.4 is 11.1 Å². The van der Waals surface area contributed by atoms with Crippen molar-refractivity contribution in [1.82, 2.24) is 5.32 Å². The van der Waals surface area contributed by atoms with Gasteiger partial charge in [0.15, 0.2) is 6.29 Å². The molecule has 0 unspecified atom stereocenters. The van der Waals surface area contributed by atoms with Crippen LogP contribution in [0.4, 0.5) is 0 Å². The van der Waals surface area contributed by atoms with Crippen molar-refractivity contribution < 1.29 is 14.3 Å². The molecule has 5 heteroatoms. The minimum absolute atomic E-state index is 0.0682. The van der Waals surface area contributed by atoms with E-state index in [1.165, 1.54) is 0 Å². The number of nitrogens with two attached hydrogens (primary N) is 1. The molecule has 94 valence electrons. The third-order valence-electron chi connectivity index (χ3n) is 3.23. The molecule has 0 saturated heterocycles. The molecule has 0 aromatic heterocycles. The van der Waals surface area contributed by atoms with Crippen molar-refractivity contribution >= 4 is 5.91 Å². The van der Waals surface area contributed by atoms with Crippen LogP contribution in [0.25, 0.3) is 0 Å². The van der Waals surface area contributed by atoms with E-state index in [9.17, 15) is 4.79 Å². The fourth-order valence-corrected chi connectivity index (χ4v) is 2.11. The summed E-state index contributed by atoms with van der Waals surface area (Å²) >= 11 is 0. The molecule has 1 aliphatic rings. The molecule has 0 radical (unpaired) electrons. The van der Waals surface area contributed by atoms with Crippen molar-refractivity contribution in [1.29, 1.82) is 0 Å². The number of methoxy groups -OCH3 is 2. The van der Waals surface area contributed by atoms with Crippen molar-refractivity contribution in [2.45, 2.75) is 38.0 Å². The van der Waals surface area contributed by atoms with E-state index in [0.717, 1.165) is 25.7 Å². The van der Waals surface area contributed by atoms with Gasteiger partial charge in [-0.15, -0.1) is 0 Å². The standard InChI is InChI=1S/C11H22N2O3/c1-15-10(16-2)7-13-9-5-3-8(4-6-9)11(12)14/h8-10,13H,3-7H2,1-2H3,(H2,12,14). The zero-order chi connectivity index (χ0) is 12.0. The van der Waals surface area contributed by atoms with Gasteiger partial charge >= 0.3 is 0 Å². The first kappa shape index (κ1) is 13.4. The van der Waals surface area contributed by atoms with Gasteiger partial charge in [-0.1, -0.05) is 0 Å². The Kier molecular flexibility index (Phi) is 5.73. The van der Waals surface area contributed by atoms with Crippen LogP contribution in [0.15, 0.2) is 0 Å². The van der Waals surface area contributed by atoms with Crippen LogP contribution in [0.2, 0.25) is 0 Å². The molecular weight excluding hydrogens is 208 g/mol. The molecule has 1 saturated carbocycles. The number of nitrogens with one attached hydrogen (secondary N) is 1. The largest absolute Gasteiger partial charge is 0.369 e. The molecule has 1 fully saturated rings. The van der Waals surface area contributed by atoms with Crippen molar-refractivity contribution in [3.63, 3.8) is 0 Å². The molecule has 5 nitrogen and oxygen atoms in total. The average molecular weight is 230 g/mol. The van der Waals surface area contributed by atoms with E-state index in [2.05, 4.69) is 5.32 Å². The Hall–Kier alpha value is -0.650. The molecule has 0 aromatic rings. The monoisotopic (exact) mass is 230 g/mol. The lowest BCUT2D eigenvalue weighted by Gasteiger charge is -2.28. The van der Waals surface area contributed by atoms with Crippen LogP contribution in [0.5, 0.6) is 0 Å². The number of hydrogen-bond acceptors (Lipinski definition) is 4. The van der Waals surface area contributed by atoms with Gasteiger partial charge in [0.1, 0.15) is 0 Å².